The highest BCUT2D eigenvalue weighted by atomic mass is 35.5. The van der Waals surface area contributed by atoms with Gasteiger partial charge in [-0.05, 0) is 18.6 Å². The molecule has 2 atom stereocenters. The summed E-state index contributed by atoms with van der Waals surface area (Å²) in [6.07, 6.45) is 0.839. The Labute approximate surface area is 117 Å². The van der Waals surface area contributed by atoms with Crippen molar-refractivity contribution >= 4 is 29.7 Å². The van der Waals surface area contributed by atoms with E-state index in [1.54, 1.807) is 18.2 Å². The summed E-state index contributed by atoms with van der Waals surface area (Å²) in [7, 11) is 0. The van der Waals surface area contributed by atoms with Crippen molar-refractivity contribution in [2.24, 2.45) is 0 Å². The summed E-state index contributed by atoms with van der Waals surface area (Å²) >= 11 is 11.9. The third kappa shape index (κ3) is 4.16. The number of benzene rings is 1. The van der Waals surface area contributed by atoms with Gasteiger partial charge in [0.15, 0.2) is 6.10 Å². The molecular formula is C13H16Cl2O3. The first-order valence-corrected chi connectivity index (χ1v) is 6.57. The molecule has 0 heterocycles. The molecule has 0 radical (unpaired) electrons. The maximum absolute atomic E-state index is 10.5. The molecule has 2 unspecified atom stereocenters. The van der Waals surface area contributed by atoms with Crippen LogP contribution in [0.15, 0.2) is 18.2 Å². The first kappa shape index (κ1) is 15.3. The third-order valence-electron chi connectivity index (χ3n) is 2.67. The molecular weight excluding hydrogens is 275 g/mol. The Balaban J connectivity index is 2.92. The number of carbonyl (C=O) groups excluding carboxylic acids is 1. The molecule has 0 amide bonds. The van der Waals surface area contributed by atoms with Crippen LogP contribution in [0.5, 0.6) is 0 Å². The molecule has 5 heteroatoms. The fourth-order valence-electron chi connectivity index (χ4n) is 1.73. The summed E-state index contributed by atoms with van der Waals surface area (Å²) in [6.45, 7) is 2.35. The van der Waals surface area contributed by atoms with Gasteiger partial charge in [-0.15, -0.1) is 0 Å². The number of ether oxygens (including phenoxy) is 1. The molecule has 18 heavy (non-hydrogen) atoms. The van der Waals surface area contributed by atoms with Gasteiger partial charge in [0.25, 0.3) is 6.47 Å². The van der Waals surface area contributed by atoms with Crippen molar-refractivity contribution in [3.63, 3.8) is 0 Å². The van der Waals surface area contributed by atoms with Crippen molar-refractivity contribution < 1.29 is 14.6 Å². The van der Waals surface area contributed by atoms with Gasteiger partial charge >= 0.3 is 0 Å². The molecule has 1 aromatic carbocycles. The van der Waals surface area contributed by atoms with Crippen LogP contribution in [0.2, 0.25) is 10.0 Å². The number of unbranched alkanes of at least 4 members (excludes halogenated alkanes) is 1. The second kappa shape index (κ2) is 7.62. The van der Waals surface area contributed by atoms with Crippen molar-refractivity contribution in [1.29, 1.82) is 0 Å². The minimum Gasteiger partial charge on any atom is -0.457 e. The molecule has 1 aromatic rings. The molecule has 0 aliphatic carbocycles. The Hall–Kier alpha value is -0.770. The van der Waals surface area contributed by atoms with E-state index >= 15 is 0 Å². The molecule has 0 saturated heterocycles. The maximum atomic E-state index is 10.5. The average Bonchev–Trinajstić information content (AvgIpc) is 2.34. The minimum absolute atomic E-state index is 0.324. The molecule has 0 aliphatic rings. The standard InChI is InChI=1S/C13H16Cl2O3/c1-2-3-4-12(17)13(18-8-16)10-6-5-9(14)7-11(10)15/h5-8,12-13,17H,2-4H2,1H3. The van der Waals surface area contributed by atoms with Gasteiger partial charge < -0.3 is 9.84 Å². The number of carbonyl (C=O) groups is 1. The van der Waals surface area contributed by atoms with Gasteiger partial charge in [0.05, 0.1) is 6.10 Å². The van der Waals surface area contributed by atoms with Gasteiger partial charge in [0, 0.05) is 15.6 Å². The fourth-order valence-corrected chi connectivity index (χ4v) is 2.24. The zero-order valence-corrected chi connectivity index (χ0v) is 11.6. The predicted molar refractivity (Wildman–Crippen MR) is 71.9 cm³/mol. The summed E-state index contributed by atoms with van der Waals surface area (Å²) in [6, 6.07) is 4.87. The zero-order chi connectivity index (χ0) is 13.5. The highest BCUT2D eigenvalue weighted by molar-refractivity contribution is 6.35. The number of halogens is 2. The lowest BCUT2D eigenvalue weighted by Crippen LogP contribution is -2.21. The average molecular weight is 291 g/mol. The van der Waals surface area contributed by atoms with Crippen molar-refractivity contribution in [3.8, 4) is 0 Å². The van der Waals surface area contributed by atoms with Crippen LogP contribution < -0.4 is 0 Å². The highest BCUT2D eigenvalue weighted by Gasteiger charge is 2.24. The van der Waals surface area contributed by atoms with Crippen LogP contribution >= 0.6 is 23.2 Å². The largest absolute Gasteiger partial charge is 0.457 e. The molecule has 0 spiro atoms. The molecule has 0 bridgehead atoms. The summed E-state index contributed by atoms with van der Waals surface area (Å²) in [5, 5.41) is 10.9. The molecule has 0 aromatic heterocycles. The molecule has 0 fully saturated rings. The Bertz CT molecular complexity index is 396. The van der Waals surface area contributed by atoms with E-state index in [1.807, 2.05) is 6.92 Å². The predicted octanol–water partition coefficient (Wildman–Crippen LogP) is 3.76. The van der Waals surface area contributed by atoms with Gasteiger partial charge in [0.1, 0.15) is 0 Å². The van der Waals surface area contributed by atoms with Crippen molar-refractivity contribution in [2.75, 3.05) is 0 Å². The van der Waals surface area contributed by atoms with Crippen LogP contribution in [0, 0.1) is 0 Å². The van der Waals surface area contributed by atoms with Gasteiger partial charge in [-0.3, -0.25) is 4.79 Å². The molecule has 1 N–H and O–H groups in total. The molecule has 0 aliphatic heterocycles. The van der Waals surface area contributed by atoms with Gasteiger partial charge in [-0.1, -0.05) is 49.0 Å². The number of hydrogen-bond donors (Lipinski definition) is 1. The van der Waals surface area contributed by atoms with Crippen LogP contribution in [-0.2, 0) is 9.53 Å². The Morgan fingerprint density at radius 3 is 2.72 bits per heavy atom. The third-order valence-corrected chi connectivity index (χ3v) is 3.24. The number of rotatable bonds is 7. The summed E-state index contributed by atoms with van der Waals surface area (Å²) in [5.41, 5.74) is 0.566. The first-order valence-electron chi connectivity index (χ1n) is 5.82. The number of aliphatic hydroxyl groups is 1. The SMILES string of the molecule is CCCCC(O)C(OC=O)c1ccc(Cl)cc1Cl. The van der Waals surface area contributed by atoms with E-state index < -0.39 is 12.2 Å². The van der Waals surface area contributed by atoms with Crippen LogP contribution in [0.4, 0.5) is 0 Å². The fraction of sp³-hybridized carbons (Fsp3) is 0.462. The van der Waals surface area contributed by atoms with E-state index in [2.05, 4.69) is 0 Å². The van der Waals surface area contributed by atoms with E-state index in [4.69, 9.17) is 27.9 Å². The second-order valence-electron chi connectivity index (χ2n) is 4.03. The van der Waals surface area contributed by atoms with Crippen LogP contribution in [0.3, 0.4) is 0 Å². The van der Waals surface area contributed by atoms with Crippen molar-refractivity contribution in [3.05, 3.63) is 33.8 Å². The maximum Gasteiger partial charge on any atom is 0.293 e. The topological polar surface area (TPSA) is 46.5 Å². The summed E-state index contributed by atoms with van der Waals surface area (Å²) in [5.74, 6) is 0. The Morgan fingerprint density at radius 2 is 2.17 bits per heavy atom. The minimum atomic E-state index is -0.770. The second-order valence-corrected chi connectivity index (χ2v) is 4.87. The van der Waals surface area contributed by atoms with E-state index in [1.165, 1.54) is 0 Å². The van der Waals surface area contributed by atoms with Crippen LogP contribution in [0.1, 0.15) is 37.9 Å². The van der Waals surface area contributed by atoms with E-state index in [-0.39, 0.29) is 0 Å². The van der Waals surface area contributed by atoms with Crippen LogP contribution in [0.25, 0.3) is 0 Å². The molecule has 3 nitrogen and oxygen atoms in total. The first-order chi connectivity index (χ1) is 8.60. The normalized spacial score (nSPS) is 14.0. The Kier molecular flexibility index (Phi) is 6.47. The van der Waals surface area contributed by atoms with Gasteiger partial charge in [-0.25, -0.2) is 0 Å². The highest BCUT2D eigenvalue weighted by Crippen LogP contribution is 2.31. The molecule has 1 rings (SSSR count). The lowest BCUT2D eigenvalue weighted by Gasteiger charge is -2.22. The van der Waals surface area contributed by atoms with Gasteiger partial charge in [0.2, 0.25) is 0 Å². The van der Waals surface area contributed by atoms with Crippen molar-refractivity contribution in [2.45, 2.75) is 38.4 Å². The number of hydrogen-bond acceptors (Lipinski definition) is 3. The van der Waals surface area contributed by atoms with Gasteiger partial charge in [-0.2, -0.15) is 0 Å². The quantitative estimate of drug-likeness (QED) is 0.778. The molecule has 0 saturated carbocycles. The van der Waals surface area contributed by atoms with E-state index in [0.717, 1.165) is 12.8 Å². The Morgan fingerprint density at radius 1 is 1.44 bits per heavy atom. The van der Waals surface area contributed by atoms with E-state index in [0.29, 0.717) is 28.5 Å². The van der Waals surface area contributed by atoms with Crippen LogP contribution in [-0.4, -0.2) is 17.7 Å². The number of aliphatic hydroxyl groups excluding tert-OH is 1. The monoisotopic (exact) mass is 290 g/mol. The smallest absolute Gasteiger partial charge is 0.293 e. The lowest BCUT2D eigenvalue weighted by atomic mass is 10.00. The summed E-state index contributed by atoms with van der Waals surface area (Å²) in [4.78, 5) is 10.5. The zero-order valence-electron chi connectivity index (χ0n) is 10.1. The summed E-state index contributed by atoms with van der Waals surface area (Å²) < 4.78 is 4.95. The van der Waals surface area contributed by atoms with E-state index in [9.17, 15) is 9.90 Å². The lowest BCUT2D eigenvalue weighted by molar-refractivity contribution is -0.140. The molecule has 100 valence electrons. The van der Waals surface area contributed by atoms with Crippen molar-refractivity contribution in [1.82, 2.24) is 0 Å².